The van der Waals surface area contributed by atoms with Crippen LogP contribution in [0.15, 0.2) is 36.4 Å². The molecule has 2 rings (SSSR count). The molecule has 0 aliphatic rings. The summed E-state index contributed by atoms with van der Waals surface area (Å²) in [7, 11) is 0. The fourth-order valence-corrected chi connectivity index (χ4v) is 1.67. The van der Waals surface area contributed by atoms with E-state index in [1.807, 2.05) is 13.8 Å². The Kier molecular flexibility index (Phi) is 3.90. The predicted molar refractivity (Wildman–Crippen MR) is 73.2 cm³/mol. The Morgan fingerprint density at radius 2 is 1.89 bits per heavy atom. The van der Waals surface area contributed by atoms with E-state index in [4.69, 9.17) is 15.2 Å². The highest BCUT2D eigenvalue weighted by Crippen LogP contribution is 2.31. The molecule has 0 unspecified atom stereocenters. The first-order chi connectivity index (χ1) is 9.10. The number of hydrogen-bond acceptors (Lipinski definition) is 3. The van der Waals surface area contributed by atoms with Gasteiger partial charge in [-0.25, -0.2) is 4.39 Å². The second kappa shape index (κ2) is 5.61. The first-order valence-corrected chi connectivity index (χ1v) is 6.06. The monoisotopic (exact) mass is 261 g/mol. The molecule has 0 saturated carbocycles. The molecular formula is C15H16FNO2. The van der Waals surface area contributed by atoms with Crippen molar-refractivity contribution >= 4 is 5.69 Å². The van der Waals surface area contributed by atoms with Crippen LogP contribution in [0.5, 0.6) is 17.2 Å². The summed E-state index contributed by atoms with van der Waals surface area (Å²) in [5, 5.41) is 0. The van der Waals surface area contributed by atoms with Gasteiger partial charge in [-0.1, -0.05) is 6.07 Å². The van der Waals surface area contributed by atoms with E-state index in [0.717, 1.165) is 5.56 Å². The van der Waals surface area contributed by atoms with E-state index in [1.54, 1.807) is 24.3 Å². The number of aryl methyl sites for hydroxylation is 1. The molecule has 0 radical (unpaired) electrons. The third-order valence-electron chi connectivity index (χ3n) is 2.66. The van der Waals surface area contributed by atoms with Crippen LogP contribution >= 0.6 is 0 Å². The highest BCUT2D eigenvalue weighted by Gasteiger charge is 2.06. The van der Waals surface area contributed by atoms with Crippen molar-refractivity contribution < 1.29 is 13.9 Å². The molecule has 2 aromatic carbocycles. The number of rotatable bonds is 4. The molecule has 3 nitrogen and oxygen atoms in total. The third kappa shape index (κ3) is 3.16. The predicted octanol–water partition coefficient (Wildman–Crippen LogP) is 3.91. The van der Waals surface area contributed by atoms with E-state index in [9.17, 15) is 4.39 Å². The van der Waals surface area contributed by atoms with Crippen LogP contribution in [0.1, 0.15) is 12.5 Å². The van der Waals surface area contributed by atoms with Gasteiger partial charge < -0.3 is 15.2 Å². The van der Waals surface area contributed by atoms with Crippen LogP contribution in [0.2, 0.25) is 0 Å². The van der Waals surface area contributed by atoms with Gasteiger partial charge in [-0.15, -0.1) is 0 Å². The Balaban J connectivity index is 2.28. The van der Waals surface area contributed by atoms with E-state index in [-0.39, 0.29) is 5.82 Å². The maximum absolute atomic E-state index is 13.2. The molecule has 0 heterocycles. The molecule has 19 heavy (non-hydrogen) atoms. The summed E-state index contributed by atoms with van der Waals surface area (Å²) in [6.07, 6.45) is 0. The molecule has 0 amide bonds. The number of hydrogen-bond donors (Lipinski definition) is 1. The second-order valence-electron chi connectivity index (χ2n) is 4.14. The van der Waals surface area contributed by atoms with Crippen molar-refractivity contribution in [3.05, 3.63) is 47.8 Å². The van der Waals surface area contributed by atoms with Crippen LogP contribution in [0.4, 0.5) is 10.1 Å². The van der Waals surface area contributed by atoms with Gasteiger partial charge in [-0.3, -0.25) is 0 Å². The van der Waals surface area contributed by atoms with Crippen molar-refractivity contribution in [1.82, 2.24) is 0 Å². The molecule has 0 aliphatic carbocycles. The SMILES string of the molecule is CCOc1cc(Oc2cc(F)ccc2C)ccc1N. The lowest BCUT2D eigenvalue weighted by Crippen LogP contribution is -1.97. The number of halogens is 1. The summed E-state index contributed by atoms with van der Waals surface area (Å²) >= 11 is 0. The van der Waals surface area contributed by atoms with Gasteiger partial charge in [0.1, 0.15) is 23.1 Å². The van der Waals surface area contributed by atoms with Gasteiger partial charge >= 0.3 is 0 Å². The molecule has 0 atom stereocenters. The summed E-state index contributed by atoms with van der Waals surface area (Å²) in [5.41, 5.74) is 7.19. The van der Waals surface area contributed by atoms with Gasteiger partial charge in [0, 0.05) is 12.1 Å². The Hall–Kier alpha value is -2.23. The molecule has 0 fully saturated rings. The maximum atomic E-state index is 13.2. The Morgan fingerprint density at radius 3 is 2.63 bits per heavy atom. The minimum Gasteiger partial charge on any atom is -0.492 e. The van der Waals surface area contributed by atoms with E-state index < -0.39 is 0 Å². The highest BCUT2D eigenvalue weighted by molar-refractivity contribution is 5.56. The van der Waals surface area contributed by atoms with E-state index >= 15 is 0 Å². The lowest BCUT2D eigenvalue weighted by molar-refractivity contribution is 0.340. The van der Waals surface area contributed by atoms with Crippen molar-refractivity contribution in [1.29, 1.82) is 0 Å². The van der Waals surface area contributed by atoms with Crippen LogP contribution in [0, 0.1) is 12.7 Å². The standard InChI is InChI=1S/C15H16FNO2/c1-3-18-15-9-12(6-7-13(15)17)19-14-8-11(16)5-4-10(14)2/h4-9H,3,17H2,1-2H3. The van der Waals surface area contributed by atoms with Crippen LogP contribution in [-0.4, -0.2) is 6.61 Å². The quantitative estimate of drug-likeness (QED) is 0.849. The zero-order chi connectivity index (χ0) is 13.8. The van der Waals surface area contributed by atoms with Crippen molar-refractivity contribution in [3.8, 4) is 17.2 Å². The topological polar surface area (TPSA) is 44.5 Å². The average Bonchev–Trinajstić information content (AvgIpc) is 2.38. The lowest BCUT2D eigenvalue weighted by atomic mass is 10.2. The summed E-state index contributed by atoms with van der Waals surface area (Å²) in [5.74, 6) is 1.27. The first kappa shape index (κ1) is 13.2. The maximum Gasteiger partial charge on any atom is 0.145 e. The van der Waals surface area contributed by atoms with Gasteiger partial charge in [-0.2, -0.15) is 0 Å². The van der Waals surface area contributed by atoms with Crippen LogP contribution < -0.4 is 15.2 Å². The summed E-state index contributed by atoms with van der Waals surface area (Å²) in [6.45, 7) is 4.26. The van der Waals surface area contributed by atoms with Crippen molar-refractivity contribution in [3.63, 3.8) is 0 Å². The largest absolute Gasteiger partial charge is 0.492 e. The molecule has 4 heteroatoms. The molecule has 2 aromatic rings. The molecule has 0 bridgehead atoms. The summed E-state index contributed by atoms with van der Waals surface area (Å²) in [6, 6.07) is 9.55. The zero-order valence-corrected chi connectivity index (χ0v) is 10.9. The minimum atomic E-state index is -0.332. The molecule has 0 spiro atoms. The van der Waals surface area contributed by atoms with Crippen LogP contribution in [0.25, 0.3) is 0 Å². The lowest BCUT2D eigenvalue weighted by Gasteiger charge is -2.12. The molecule has 100 valence electrons. The fourth-order valence-electron chi connectivity index (χ4n) is 1.67. The van der Waals surface area contributed by atoms with Crippen molar-refractivity contribution in [2.24, 2.45) is 0 Å². The normalized spacial score (nSPS) is 10.3. The van der Waals surface area contributed by atoms with Gasteiger partial charge in [-0.05, 0) is 37.6 Å². The van der Waals surface area contributed by atoms with Crippen LogP contribution in [-0.2, 0) is 0 Å². The number of anilines is 1. The van der Waals surface area contributed by atoms with Crippen molar-refractivity contribution in [2.45, 2.75) is 13.8 Å². The number of benzene rings is 2. The van der Waals surface area contributed by atoms with E-state index in [2.05, 4.69) is 0 Å². The molecular weight excluding hydrogens is 245 g/mol. The Morgan fingerprint density at radius 1 is 1.11 bits per heavy atom. The van der Waals surface area contributed by atoms with E-state index in [0.29, 0.717) is 29.5 Å². The number of ether oxygens (including phenoxy) is 2. The van der Waals surface area contributed by atoms with Gasteiger partial charge in [0.2, 0.25) is 0 Å². The van der Waals surface area contributed by atoms with Gasteiger partial charge in [0.05, 0.1) is 12.3 Å². The second-order valence-corrected chi connectivity index (χ2v) is 4.14. The minimum absolute atomic E-state index is 0.332. The Bertz CT molecular complexity index is 584. The van der Waals surface area contributed by atoms with Crippen LogP contribution in [0.3, 0.4) is 0 Å². The third-order valence-corrected chi connectivity index (χ3v) is 2.66. The summed E-state index contributed by atoms with van der Waals surface area (Å²) < 4.78 is 24.2. The smallest absolute Gasteiger partial charge is 0.145 e. The van der Waals surface area contributed by atoms with Crippen molar-refractivity contribution in [2.75, 3.05) is 12.3 Å². The van der Waals surface area contributed by atoms with Gasteiger partial charge in [0.15, 0.2) is 0 Å². The molecule has 0 aliphatic heterocycles. The zero-order valence-electron chi connectivity index (χ0n) is 10.9. The summed E-state index contributed by atoms with van der Waals surface area (Å²) in [4.78, 5) is 0. The average molecular weight is 261 g/mol. The van der Waals surface area contributed by atoms with E-state index in [1.165, 1.54) is 12.1 Å². The van der Waals surface area contributed by atoms with Gasteiger partial charge in [0.25, 0.3) is 0 Å². The first-order valence-electron chi connectivity index (χ1n) is 6.06. The number of nitrogen functional groups attached to an aromatic ring is 1. The highest BCUT2D eigenvalue weighted by atomic mass is 19.1. The molecule has 0 aromatic heterocycles. The molecule has 2 N–H and O–H groups in total. The Labute approximate surface area is 111 Å². The number of nitrogens with two attached hydrogens (primary N) is 1. The fraction of sp³-hybridized carbons (Fsp3) is 0.200. The molecule has 0 saturated heterocycles.